The van der Waals surface area contributed by atoms with E-state index in [2.05, 4.69) is 26.8 Å². The van der Waals surface area contributed by atoms with Crippen LogP contribution in [0.1, 0.15) is 6.42 Å². The van der Waals surface area contributed by atoms with Crippen LogP contribution in [0.15, 0.2) is 25.2 Å². The predicted octanol–water partition coefficient (Wildman–Crippen LogP) is 1.17. The van der Waals surface area contributed by atoms with Crippen LogP contribution in [0.25, 0.3) is 11.0 Å². The van der Waals surface area contributed by atoms with Crippen LogP contribution >= 0.6 is 11.6 Å². The van der Waals surface area contributed by atoms with Gasteiger partial charge in [-0.3, -0.25) is 4.79 Å². The molecule has 3 heterocycles. The number of fused-ring (bicyclic) bond motifs is 1. The zero-order chi connectivity index (χ0) is 15.7. The molecule has 7 nitrogen and oxygen atoms in total. The van der Waals surface area contributed by atoms with E-state index in [0.29, 0.717) is 41.4 Å². The van der Waals surface area contributed by atoms with Crippen molar-refractivity contribution in [2.45, 2.75) is 18.6 Å². The molecule has 2 aromatic heterocycles. The van der Waals surface area contributed by atoms with Gasteiger partial charge in [-0.25, -0.2) is 9.97 Å². The number of hydrogen-bond acceptors (Lipinski definition) is 5. The van der Waals surface area contributed by atoms with Gasteiger partial charge in [0.1, 0.15) is 17.8 Å². The number of aliphatic hydroxyl groups excluding tert-OH is 1. The fourth-order valence-electron chi connectivity index (χ4n) is 2.71. The van der Waals surface area contributed by atoms with Crippen molar-refractivity contribution in [2.24, 2.45) is 0 Å². The quantitative estimate of drug-likeness (QED) is 0.738. The smallest absolute Gasteiger partial charge is 0.246 e. The van der Waals surface area contributed by atoms with Gasteiger partial charge in [-0.1, -0.05) is 18.2 Å². The second-order valence-corrected chi connectivity index (χ2v) is 5.67. The normalized spacial score (nSPS) is 21.8. The third kappa shape index (κ3) is 2.77. The van der Waals surface area contributed by atoms with Gasteiger partial charge in [0, 0.05) is 25.3 Å². The Balaban J connectivity index is 1.83. The maximum Gasteiger partial charge on any atom is 0.246 e. The first kappa shape index (κ1) is 14.8. The van der Waals surface area contributed by atoms with Crippen LogP contribution in [0.5, 0.6) is 0 Å². The summed E-state index contributed by atoms with van der Waals surface area (Å²) in [4.78, 5) is 24.6. The molecule has 0 unspecified atom stereocenters. The van der Waals surface area contributed by atoms with Gasteiger partial charge in [0.05, 0.1) is 16.5 Å². The number of carbonyl (C=O) groups excluding carboxylic acids is 1. The van der Waals surface area contributed by atoms with Gasteiger partial charge in [0.25, 0.3) is 0 Å². The Labute approximate surface area is 132 Å². The Morgan fingerprint density at radius 3 is 3.14 bits per heavy atom. The van der Waals surface area contributed by atoms with Gasteiger partial charge in [0.15, 0.2) is 0 Å². The van der Waals surface area contributed by atoms with Crippen LogP contribution in [0.4, 0.5) is 5.82 Å². The van der Waals surface area contributed by atoms with Crippen LogP contribution in [-0.4, -0.2) is 56.1 Å². The topological polar surface area (TPSA) is 94.1 Å². The highest BCUT2D eigenvalue weighted by Gasteiger charge is 2.28. The molecular formula is C14H16ClN5O2. The van der Waals surface area contributed by atoms with Crippen molar-refractivity contribution in [3.63, 3.8) is 0 Å². The number of amides is 1. The highest BCUT2D eigenvalue weighted by atomic mass is 35.5. The number of carbonyl (C=O) groups is 1. The van der Waals surface area contributed by atoms with E-state index < -0.39 is 6.10 Å². The van der Waals surface area contributed by atoms with E-state index in [0.717, 1.165) is 0 Å². The second kappa shape index (κ2) is 5.94. The molecule has 1 fully saturated rings. The molecule has 1 aliphatic rings. The molecule has 8 heteroatoms. The maximum atomic E-state index is 11.8. The summed E-state index contributed by atoms with van der Waals surface area (Å²) in [6.07, 6.45) is 4.27. The molecule has 0 radical (unpaired) electrons. The Hall–Kier alpha value is -2.12. The Bertz CT molecular complexity index is 716. The molecule has 0 aromatic carbocycles. The van der Waals surface area contributed by atoms with Crippen molar-refractivity contribution < 1.29 is 9.90 Å². The number of nitrogens with zero attached hydrogens (tertiary/aromatic N) is 3. The first-order valence-corrected chi connectivity index (χ1v) is 7.29. The number of aromatic nitrogens is 3. The van der Waals surface area contributed by atoms with Gasteiger partial charge in [-0.2, -0.15) is 0 Å². The van der Waals surface area contributed by atoms with Crippen molar-refractivity contribution in [3.05, 3.63) is 30.2 Å². The molecule has 2 aromatic rings. The standard InChI is InChI=1S/C14H16ClN5O2/c1-2-11(22)20-5-8(3-9(21)6-20)19-14-12-10(15)4-16-13(12)17-7-18-14/h2,4,7-9,21H,1,3,5-6H2,(H2,16,17,18,19)/t8-,9+/m1/s1. The molecule has 3 rings (SSSR count). The van der Waals surface area contributed by atoms with Gasteiger partial charge < -0.3 is 20.3 Å². The zero-order valence-corrected chi connectivity index (χ0v) is 12.5. The minimum absolute atomic E-state index is 0.128. The van der Waals surface area contributed by atoms with Crippen molar-refractivity contribution >= 4 is 34.4 Å². The third-order valence-electron chi connectivity index (χ3n) is 3.68. The van der Waals surface area contributed by atoms with Gasteiger partial charge >= 0.3 is 0 Å². The molecule has 1 aliphatic heterocycles. The van der Waals surface area contributed by atoms with Crippen molar-refractivity contribution in [1.82, 2.24) is 19.9 Å². The number of aliphatic hydroxyl groups is 1. The second-order valence-electron chi connectivity index (χ2n) is 5.26. The lowest BCUT2D eigenvalue weighted by molar-refractivity contribution is -0.129. The van der Waals surface area contributed by atoms with E-state index in [1.54, 1.807) is 11.1 Å². The summed E-state index contributed by atoms with van der Waals surface area (Å²) < 4.78 is 0. The third-order valence-corrected chi connectivity index (χ3v) is 3.98. The predicted molar refractivity (Wildman–Crippen MR) is 83.7 cm³/mol. The fraction of sp³-hybridized carbons (Fsp3) is 0.357. The minimum Gasteiger partial charge on any atom is -0.391 e. The van der Waals surface area contributed by atoms with E-state index in [1.807, 2.05) is 0 Å². The van der Waals surface area contributed by atoms with E-state index >= 15 is 0 Å². The SMILES string of the molecule is C=CC(=O)N1C[C@@H](O)C[C@@H](Nc2ncnc3[nH]cc(Cl)c23)C1. The van der Waals surface area contributed by atoms with Gasteiger partial charge in [-0.15, -0.1) is 0 Å². The van der Waals surface area contributed by atoms with Gasteiger partial charge in [-0.05, 0) is 12.5 Å². The highest BCUT2D eigenvalue weighted by molar-refractivity contribution is 6.36. The average molecular weight is 322 g/mol. The maximum absolute atomic E-state index is 11.8. The first-order chi connectivity index (χ1) is 10.6. The molecule has 0 saturated carbocycles. The number of H-pyrrole nitrogens is 1. The molecule has 116 valence electrons. The van der Waals surface area contributed by atoms with Crippen LogP contribution < -0.4 is 5.32 Å². The molecule has 0 spiro atoms. The van der Waals surface area contributed by atoms with Crippen LogP contribution in [-0.2, 0) is 4.79 Å². The van der Waals surface area contributed by atoms with E-state index in [1.165, 1.54) is 12.4 Å². The minimum atomic E-state index is -0.589. The first-order valence-electron chi connectivity index (χ1n) is 6.92. The van der Waals surface area contributed by atoms with E-state index in [9.17, 15) is 9.90 Å². The van der Waals surface area contributed by atoms with Crippen molar-refractivity contribution in [1.29, 1.82) is 0 Å². The lowest BCUT2D eigenvalue weighted by atomic mass is 10.0. The Morgan fingerprint density at radius 1 is 1.55 bits per heavy atom. The average Bonchev–Trinajstić information content (AvgIpc) is 2.88. The number of nitrogens with one attached hydrogen (secondary N) is 2. The molecule has 2 atom stereocenters. The lowest BCUT2D eigenvalue weighted by Crippen LogP contribution is -2.50. The number of β-amino-alcohol motifs (C(OH)–C–C–N with tert-alkyl or cyclic N) is 1. The molecule has 0 aliphatic carbocycles. The monoisotopic (exact) mass is 321 g/mol. The fourth-order valence-corrected chi connectivity index (χ4v) is 2.95. The lowest BCUT2D eigenvalue weighted by Gasteiger charge is -2.35. The number of likely N-dealkylation sites (tertiary alicyclic amines) is 1. The zero-order valence-electron chi connectivity index (χ0n) is 11.8. The number of halogens is 1. The van der Waals surface area contributed by atoms with Crippen LogP contribution in [0.2, 0.25) is 5.02 Å². The summed E-state index contributed by atoms with van der Waals surface area (Å²) in [6.45, 7) is 4.26. The Morgan fingerprint density at radius 2 is 2.36 bits per heavy atom. The summed E-state index contributed by atoms with van der Waals surface area (Å²) in [5, 5.41) is 14.4. The summed E-state index contributed by atoms with van der Waals surface area (Å²) in [5.74, 6) is 0.388. The largest absolute Gasteiger partial charge is 0.391 e. The number of rotatable bonds is 3. The summed E-state index contributed by atoms with van der Waals surface area (Å²) in [6, 6.07) is -0.128. The molecule has 1 amide bonds. The van der Waals surface area contributed by atoms with Crippen LogP contribution in [0.3, 0.4) is 0 Å². The van der Waals surface area contributed by atoms with E-state index in [4.69, 9.17) is 11.6 Å². The van der Waals surface area contributed by atoms with Crippen molar-refractivity contribution in [2.75, 3.05) is 18.4 Å². The molecular weight excluding hydrogens is 306 g/mol. The number of hydrogen-bond donors (Lipinski definition) is 3. The number of piperidine rings is 1. The number of anilines is 1. The Kier molecular flexibility index (Phi) is 4.00. The van der Waals surface area contributed by atoms with E-state index in [-0.39, 0.29) is 11.9 Å². The highest BCUT2D eigenvalue weighted by Crippen LogP contribution is 2.28. The van der Waals surface area contributed by atoms with Crippen LogP contribution in [0, 0.1) is 0 Å². The van der Waals surface area contributed by atoms with Crippen molar-refractivity contribution in [3.8, 4) is 0 Å². The summed E-state index contributed by atoms with van der Waals surface area (Å²) >= 11 is 6.15. The van der Waals surface area contributed by atoms with Gasteiger partial charge in [0.2, 0.25) is 5.91 Å². The number of aromatic amines is 1. The molecule has 22 heavy (non-hydrogen) atoms. The molecule has 0 bridgehead atoms. The summed E-state index contributed by atoms with van der Waals surface area (Å²) in [5.41, 5.74) is 0.637. The molecule has 3 N–H and O–H groups in total. The molecule has 1 saturated heterocycles. The summed E-state index contributed by atoms with van der Waals surface area (Å²) in [7, 11) is 0.